The molecule has 0 amide bonds. The SMILES string of the molecule is N#Cc1ccn2nc(-c3ccc(F)c(F)c3F)nc2c1. The quantitative estimate of drug-likeness (QED) is 0.641. The average molecular weight is 274 g/mol. The van der Waals surface area contributed by atoms with Gasteiger partial charge in [-0.25, -0.2) is 22.7 Å². The lowest BCUT2D eigenvalue weighted by Crippen LogP contribution is -1.95. The Kier molecular flexibility index (Phi) is 2.64. The zero-order chi connectivity index (χ0) is 14.3. The molecule has 0 N–H and O–H groups in total. The maximum absolute atomic E-state index is 13.7. The van der Waals surface area contributed by atoms with E-state index in [1.54, 1.807) is 0 Å². The lowest BCUT2D eigenvalue weighted by atomic mass is 10.2. The number of fused-ring (bicyclic) bond motifs is 1. The number of hydrogen-bond donors (Lipinski definition) is 0. The summed E-state index contributed by atoms with van der Waals surface area (Å²) in [5.41, 5.74) is 0.427. The summed E-state index contributed by atoms with van der Waals surface area (Å²) in [6.45, 7) is 0. The van der Waals surface area contributed by atoms with Crippen molar-refractivity contribution in [3.8, 4) is 17.5 Å². The lowest BCUT2D eigenvalue weighted by Gasteiger charge is -1.99. The van der Waals surface area contributed by atoms with Gasteiger partial charge >= 0.3 is 0 Å². The van der Waals surface area contributed by atoms with Crippen molar-refractivity contribution in [1.29, 1.82) is 5.26 Å². The summed E-state index contributed by atoms with van der Waals surface area (Å²) < 4.78 is 41.1. The lowest BCUT2D eigenvalue weighted by molar-refractivity contribution is 0.448. The van der Waals surface area contributed by atoms with Crippen LogP contribution < -0.4 is 0 Å². The van der Waals surface area contributed by atoms with Gasteiger partial charge in [-0.05, 0) is 18.2 Å². The number of aromatic nitrogens is 3. The molecule has 0 saturated carbocycles. The minimum Gasteiger partial charge on any atom is -0.220 e. The van der Waals surface area contributed by atoms with Gasteiger partial charge in [0.1, 0.15) is 0 Å². The third-order valence-corrected chi connectivity index (χ3v) is 2.74. The molecule has 1 aromatic carbocycles. The summed E-state index contributed by atoms with van der Waals surface area (Å²) >= 11 is 0. The Morgan fingerprint density at radius 2 is 1.90 bits per heavy atom. The molecule has 0 bridgehead atoms. The van der Waals surface area contributed by atoms with E-state index >= 15 is 0 Å². The van der Waals surface area contributed by atoms with Crippen LogP contribution in [-0.4, -0.2) is 14.6 Å². The van der Waals surface area contributed by atoms with Crippen molar-refractivity contribution in [2.45, 2.75) is 0 Å². The van der Waals surface area contributed by atoms with Crippen LogP contribution in [0.25, 0.3) is 17.0 Å². The van der Waals surface area contributed by atoms with Gasteiger partial charge < -0.3 is 0 Å². The van der Waals surface area contributed by atoms with Crippen LogP contribution in [0.2, 0.25) is 0 Å². The van der Waals surface area contributed by atoms with Gasteiger partial charge in [-0.3, -0.25) is 0 Å². The Labute approximate surface area is 110 Å². The van der Waals surface area contributed by atoms with Crippen LogP contribution in [-0.2, 0) is 0 Å². The fourth-order valence-electron chi connectivity index (χ4n) is 1.76. The largest absolute Gasteiger partial charge is 0.220 e. The highest BCUT2D eigenvalue weighted by Gasteiger charge is 2.18. The van der Waals surface area contributed by atoms with Gasteiger partial charge in [-0.2, -0.15) is 5.26 Å². The number of benzene rings is 1. The first-order valence-corrected chi connectivity index (χ1v) is 5.50. The van der Waals surface area contributed by atoms with Crippen LogP contribution in [0.1, 0.15) is 5.56 Å². The summed E-state index contributed by atoms with van der Waals surface area (Å²) in [4.78, 5) is 3.99. The molecule has 2 heterocycles. The molecule has 0 aliphatic heterocycles. The van der Waals surface area contributed by atoms with Gasteiger partial charge in [0.2, 0.25) is 0 Å². The predicted molar refractivity (Wildman–Crippen MR) is 63.0 cm³/mol. The number of halogens is 3. The van der Waals surface area contributed by atoms with E-state index in [0.29, 0.717) is 11.2 Å². The van der Waals surface area contributed by atoms with Gasteiger partial charge in [0.15, 0.2) is 28.9 Å². The molecule has 3 aromatic rings. The summed E-state index contributed by atoms with van der Waals surface area (Å²) in [6, 6.07) is 6.76. The smallest absolute Gasteiger partial charge is 0.195 e. The second kappa shape index (κ2) is 4.35. The predicted octanol–water partition coefficient (Wildman–Crippen LogP) is 2.69. The molecule has 20 heavy (non-hydrogen) atoms. The summed E-state index contributed by atoms with van der Waals surface area (Å²) in [5, 5.41) is 12.7. The van der Waals surface area contributed by atoms with E-state index in [4.69, 9.17) is 5.26 Å². The number of nitriles is 1. The van der Waals surface area contributed by atoms with Crippen LogP contribution in [0.15, 0.2) is 30.5 Å². The van der Waals surface area contributed by atoms with E-state index in [0.717, 1.165) is 12.1 Å². The van der Waals surface area contributed by atoms with Crippen LogP contribution in [0, 0.1) is 28.8 Å². The Morgan fingerprint density at radius 3 is 2.65 bits per heavy atom. The second-order valence-electron chi connectivity index (χ2n) is 3.99. The van der Waals surface area contributed by atoms with Crippen molar-refractivity contribution in [2.75, 3.05) is 0 Å². The number of rotatable bonds is 1. The maximum Gasteiger partial charge on any atom is 0.195 e. The molecular formula is C13H5F3N4. The molecule has 0 saturated heterocycles. The standard InChI is InChI=1S/C13H5F3N4/c14-9-2-1-8(11(15)12(9)16)13-18-10-5-7(6-17)3-4-20(10)19-13/h1-5H. The van der Waals surface area contributed by atoms with E-state index in [-0.39, 0.29) is 11.4 Å². The second-order valence-corrected chi connectivity index (χ2v) is 3.99. The highest BCUT2D eigenvalue weighted by atomic mass is 19.2. The Hall–Kier alpha value is -2.88. The minimum atomic E-state index is -1.57. The van der Waals surface area contributed by atoms with E-state index in [1.807, 2.05) is 6.07 Å². The number of pyridine rings is 1. The van der Waals surface area contributed by atoms with E-state index in [1.165, 1.54) is 22.8 Å². The first kappa shape index (κ1) is 12.2. The first-order valence-electron chi connectivity index (χ1n) is 5.50. The highest BCUT2D eigenvalue weighted by molar-refractivity contribution is 5.59. The monoisotopic (exact) mass is 274 g/mol. The third-order valence-electron chi connectivity index (χ3n) is 2.74. The van der Waals surface area contributed by atoms with Gasteiger partial charge in [0, 0.05) is 12.3 Å². The van der Waals surface area contributed by atoms with Crippen molar-refractivity contribution in [3.05, 3.63) is 53.5 Å². The van der Waals surface area contributed by atoms with Gasteiger partial charge in [-0.15, -0.1) is 5.10 Å². The van der Waals surface area contributed by atoms with Gasteiger partial charge in [-0.1, -0.05) is 0 Å². The highest BCUT2D eigenvalue weighted by Crippen LogP contribution is 2.23. The van der Waals surface area contributed by atoms with Gasteiger partial charge in [0.05, 0.1) is 17.2 Å². The molecule has 0 aliphatic rings. The van der Waals surface area contributed by atoms with Crippen LogP contribution >= 0.6 is 0 Å². The Balaban J connectivity index is 2.20. The average Bonchev–Trinajstić information content (AvgIpc) is 2.87. The topological polar surface area (TPSA) is 54.0 Å². The zero-order valence-electron chi connectivity index (χ0n) is 9.81. The minimum absolute atomic E-state index is 0.0866. The molecule has 0 aliphatic carbocycles. The van der Waals surface area contributed by atoms with Crippen molar-refractivity contribution >= 4 is 5.65 Å². The fourth-order valence-corrected chi connectivity index (χ4v) is 1.76. The van der Waals surface area contributed by atoms with Crippen LogP contribution in [0.4, 0.5) is 13.2 Å². The maximum atomic E-state index is 13.7. The summed E-state index contributed by atoms with van der Waals surface area (Å²) in [6.07, 6.45) is 1.47. The third kappa shape index (κ3) is 1.78. The molecule has 2 aromatic heterocycles. The van der Waals surface area contributed by atoms with Crippen molar-refractivity contribution in [3.63, 3.8) is 0 Å². The van der Waals surface area contributed by atoms with Crippen LogP contribution in [0.5, 0.6) is 0 Å². The number of nitrogens with zero attached hydrogens (tertiary/aromatic N) is 4. The molecule has 3 rings (SSSR count). The zero-order valence-corrected chi connectivity index (χ0v) is 9.81. The van der Waals surface area contributed by atoms with E-state index in [9.17, 15) is 13.2 Å². The molecule has 98 valence electrons. The molecular weight excluding hydrogens is 269 g/mol. The van der Waals surface area contributed by atoms with Crippen molar-refractivity contribution in [1.82, 2.24) is 14.6 Å². The van der Waals surface area contributed by atoms with Crippen LogP contribution in [0.3, 0.4) is 0 Å². The van der Waals surface area contributed by atoms with Crippen molar-refractivity contribution < 1.29 is 13.2 Å². The van der Waals surface area contributed by atoms with E-state index < -0.39 is 17.5 Å². The molecule has 4 nitrogen and oxygen atoms in total. The van der Waals surface area contributed by atoms with E-state index in [2.05, 4.69) is 10.1 Å². The normalized spacial score (nSPS) is 10.7. The first-order chi connectivity index (χ1) is 9.60. The molecule has 7 heteroatoms. The van der Waals surface area contributed by atoms with Gasteiger partial charge in [0.25, 0.3) is 0 Å². The van der Waals surface area contributed by atoms with Crippen molar-refractivity contribution in [2.24, 2.45) is 0 Å². The molecule has 0 atom stereocenters. The Bertz CT molecular complexity index is 864. The molecule has 0 radical (unpaired) electrons. The number of hydrogen-bond acceptors (Lipinski definition) is 3. The molecule has 0 unspecified atom stereocenters. The summed E-state index contributed by atoms with van der Waals surface area (Å²) in [5.74, 6) is -4.28. The Morgan fingerprint density at radius 1 is 1.10 bits per heavy atom. The fraction of sp³-hybridized carbons (Fsp3) is 0. The molecule has 0 spiro atoms. The molecule has 0 fully saturated rings. The summed E-state index contributed by atoms with van der Waals surface area (Å²) in [7, 11) is 0.